The molecule has 0 saturated heterocycles. The summed E-state index contributed by atoms with van der Waals surface area (Å²) in [6.07, 6.45) is -3.22. The van der Waals surface area contributed by atoms with E-state index in [-0.39, 0.29) is 17.1 Å². The number of nitrogens with one attached hydrogen (secondary N) is 1. The Morgan fingerprint density at radius 2 is 1.77 bits per heavy atom. The summed E-state index contributed by atoms with van der Waals surface area (Å²) in [5.41, 5.74) is 1.19. The lowest BCUT2D eigenvalue weighted by Gasteiger charge is -2.18. The average Bonchev–Trinajstić information content (AvgIpc) is 3.12. The van der Waals surface area contributed by atoms with Gasteiger partial charge in [0.05, 0.1) is 17.1 Å². The minimum Gasteiger partial charge on any atom is -0.454 e. The number of hydrogen-bond acceptors (Lipinski definition) is 4. The van der Waals surface area contributed by atoms with Crippen LogP contribution in [0.15, 0.2) is 54.6 Å². The summed E-state index contributed by atoms with van der Waals surface area (Å²) < 4.78 is 45.7. The quantitative estimate of drug-likeness (QED) is 0.539. The van der Waals surface area contributed by atoms with Crippen LogP contribution in [-0.4, -0.2) is 28.0 Å². The van der Waals surface area contributed by atoms with Crippen molar-refractivity contribution in [2.24, 2.45) is 0 Å². The Kier molecular flexibility index (Phi) is 6.94. The molecule has 9 heteroatoms. The lowest BCUT2D eigenvalue weighted by Crippen LogP contribution is -2.33. The van der Waals surface area contributed by atoms with E-state index in [0.717, 1.165) is 16.6 Å². The number of esters is 1. The lowest BCUT2D eigenvalue weighted by molar-refractivity contribution is -0.153. The predicted molar refractivity (Wildman–Crippen MR) is 108 cm³/mol. The van der Waals surface area contributed by atoms with Gasteiger partial charge in [0.15, 0.2) is 6.61 Å². The van der Waals surface area contributed by atoms with Crippen LogP contribution in [0, 0.1) is 0 Å². The largest absolute Gasteiger partial charge is 0.454 e. The van der Waals surface area contributed by atoms with Crippen molar-refractivity contribution < 1.29 is 27.5 Å². The minimum absolute atomic E-state index is 0.116. The maximum atomic E-state index is 13.3. The summed E-state index contributed by atoms with van der Waals surface area (Å²) in [6.45, 7) is 0.690. The lowest BCUT2D eigenvalue weighted by atomic mass is 10.0. The molecule has 0 aliphatic rings. The minimum atomic E-state index is -4.74. The highest BCUT2D eigenvalue weighted by Gasteiger charge is 2.38. The first-order chi connectivity index (χ1) is 14.8. The first-order valence-electron chi connectivity index (χ1n) is 9.82. The topological polar surface area (TPSA) is 73.2 Å². The fraction of sp³-hybridized carbons (Fsp3) is 0.318. The fourth-order valence-electron chi connectivity index (χ4n) is 3.30. The molecule has 1 aromatic heterocycles. The highest BCUT2D eigenvalue weighted by atomic mass is 19.4. The van der Waals surface area contributed by atoms with Crippen molar-refractivity contribution >= 4 is 22.9 Å². The molecule has 0 spiro atoms. The molecule has 2 aromatic carbocycles. The number of carbonyl (C=O) groups is 2. The molecule has 1 N–H and O–H groups in total. The second kappa shape index (κ2) is 9.63. The summed E-state index contributed by atoms with van der Waals surface area (Å²) in [6, 6.07) is 15.1. The molecule has 31 heavy (non-hydrogen) atoms. The zero-order valence-electron chi connectivity index (χ0n) is 16.9. The Labute approximate surface area is 177 Å². The normalized spacial score (nSPS) is 12.5. The van der Waals surface area contributed by atoms with Crippen LogP contribution in [-0.2, 0) is 27.0 Å². The smallest absolute Gasteiger partial charge is 0.449 e. The van der Waals surface area contributed by atoms with Crippen LogP contribution in [0.25, 0.3) is 11.0 Å². The highest BCUT2D eigenvalue weighted by molar-refractivity contribution is 5.82. The number of carbonyl (C=O) groups excluding carboxylic acids is 2. The molecule has 3 rings (SSSR count). The maximum Gasteiger partial charge on any atom is 0.449 e. The number of nitrogens with zero attached hydrogens (tertiary/aromatic N) is 2. The van der Waals surface area contributed by atoms with Crippen molar-refractivity contribution in [3.63, 3.8) is 0 Å². The molecule has 1 amide bonds. The molecular weight excluding hydrogens is 411 g/mol. The zero-order chi connectivity index (χ0) is 22.4. The van der Waals surface area contributed by atoms with E-state index in [2.05, 4.69) is 10.3 Å². The molecular formula is C22H22F3N3O3. The first-order valence-corrected chi connectivity index (χ1v) is 9.82. The summed E-state index contributed by atoms with van der Waals surface area (Å²) in [7, 11) is 0. The summed E-state index contributed by atoms with van der Waals surface area (Å²) in [4.78, 5) is 28.0. The van der Waals surface area contributed by atoms with Crippen molar-refractivity contribution in [3.8, 4) is 0 Å². The van der Waals surface area contributed by atoms with E-state index in [0.29, 0.717) is 6.42 Å². The van der Waals surface area contributed by atoms with E-state index in [1.165, 1.54) is 12.1 Å². The summed E-state index contributed by atoms with van der Waals surface area (Å²) in [5.74, 6) is -2.68. The van der Waals surface area contributed by atoms with Gasteiger partial charge in [0.2, 0.25) is 5.82 Å². The number of fused-ring (bicyclic) bond motifs is 1. The van der Waals surface area contributed by atoms with E-state index in [4.69, 9.17) is 4.74 Å². The van der Waals surface area contributed by atoms with Gasteiger partial charge in [0, 0.05) is 0 Å². The second-order valence-corrected chi connectivity index (χ2v) is 6.99. The van der Waals surface area contributed by atoms with Crippen LogP contribution in [0.1, 0.15) is 37.2 Å². The fourth-order valence-corrected chi connectivity index (χ4v) is 3.30. The van der Waals surface area contributed by atoms with Gasteiger partial charge in [0.1, 0.15) is 6.54 Å². The molecule has 164 valence electrons. The van der Waals surface area contributed by atoms with Crippen molar-refractivity contribution in [3.05, 3.63) is 66.0 Å². The number of hydrogen-bond donors (Lipinski definition) is 1. The number of ether oxygens (including phenoxy) is 1. The maximum absolute atomic E-state index is 13.3. The van der Waals surface area contributed by atoms with Gasteiger partial charge in [-0.1, -0.05) is 55.8 Å². The van der Waals surface area contributed by atoms with Gasteiger partial charge in [-0.05, 0) is 24.1 Å². The molecule has 0 saturated carbocycles. The van der Waals surface area contributed by atoms with Crippen molar-refractivity contribution in [2.45, 2.75) is 38.5 Å². The van der Waals surface area contributed by atoms with E-state index in [1.54, 1.807) is 12.1 Å². The van der Waals surface area contributed by atoms with E-state index < -0.39 is 37.0 Å². The molecule has 0 bridgehead atoms. The van der Waals surface area contributed by atoms with E-state index >= 15 is 0 Å². The number of halogens is 3. The highest BCUT2D eigenvalue weighted by Crippen LogP contribution is 2.31. The second-order valence-electron chi connectivity index (χ2n) is 6.99. The number of amides is 1. The van der Waals surface area contributed by atoms with Crippen LogP contribution in [0.5, 0.6) is 0 Å². The van der Waals surface area contributed by atoms with Gasteiger partial charge in [-0.15, -0.1) is 0 Å². The molecule has 3 aromatic rings. The predicted octanol–water partition coefficient (Wildman–Crippen LogP) is 4.26. The number of aromatic nitrogens is 2. The molecule has 0 fully saturated rings. The molecule has 0 radical (unpaired) electrons. The van der Waals surface area contributed by atoms with Gasteiger partial charge in [0.25, 0.3) is 5.91 Å². The van der Waals surface area contributed by atoms with E-state index in [1.807, 2.05) is 37.3 Å². The number of benzene rings is 2. The van der Waals surface area contributed by atoms with Crippen LogP contribution in [0.4, 0.5) is 13.2 Å². The zero-order valence-corrected chi connectivity index (χ0v) is 16.9. The summed E-state index contributed by atoms with van der Waals surface area (Å²) >= 11 is 0. The molecule has 0 aliphatic carbocycles. The van der Waals surface area contributed by atoms with E-state index in [9.17, 15) is 22.8 Å². The third kappa shape index (κ3) is 5.62. The molecule has 1 unspecified atom stereocenters. The monoisotopic (exact) mass is 433 g/mol. The SMILES string of the molecule is CCCC(NC(=O)COC(=O)Cn1c(C(F)(F)F)nc2ccccc21)c1ccccc1. The van der Waals surface area contributed by atoms with Crippen molar-refractivity contribution in [1.29, 1.82) is 0 Å². The van der Waals surface area contributed by atoms with Crippen LogP contribution < -0.4 is 5.32 Å². The molecule has 1 heterocycles. The number of imidazole rings is 1. The average molecular weight is 433 g/mol. The van der Waals surface area contributed by atoms with Gasteiger partial charge in [-0.2, -0.15) is 13.2 Å². The van der Waals surface area contributed by atoms with Crippen LogP contribution in [0.3, 0.4) is 0 Å². The number of para-hydroxylation sites is 2. The molecule has 0 aliphatic heterocycles. The molecule has 6 nitrogen and oxygen atoms in total. The third-order valence-corrected chi connectivity index (χ3v) is 4.67. The summed E-state index contributed by atoms with van der Waals surface area (Å²) in [5, 5.41) is 2.80. The Bertz CT molecular complexity index is 1050. The number of alkyl halides is 3. The van der Waals surface area contributed by atoms with Gasteiger partial charge in [-0.25, -0.2) is 4.98 Å². The number of rotatable bonds is 8. The van der Waals surface area contributed by atoms with Gasteiger partial charge in [-0.3, -0.25) is 9.59 Å². The third-order valence-electron chi connectivity index (χ3n) is 4.67. The van der Waals surface area contributed by atoms with Crippen LogP contribution >= 0.6 is 0 Å². The Morgan fingerprint density at radius 1 is 1.10 bits per heavy atom. The van der Waals surface area contributed by atoms with Gasteiger partial charge >= 0.3 is 12.1 Å². The standard InChI is InChI=1S/C22H22F3N3O3/c1-2-8-16(15-9-4-3-5-10-15)26-19(29)14-31-20(30)13-28-18-12-7-6-11-17(18)27-21(28)22(23,24)25/h3-7,9-12,16H,2,8,13-14H2,1H3,(H,26,29). The van der Waals surface area contributed by atoms with Crippen molar-refractivity contribution in [2.75, 3.05) is 6.61 Å². The Hall–Kier alpha value is -3.36. The first kappa shape index (κ1) is 22.3. The molecule has 1 atom stereocenters. The van der Waals surface area contributed by atoms with Gasteiger partial charge < -0.3 is 14.6 Å². The van der Waals surface area contributed by atoms with Crippen LogP contribution in [0.2, 0.25) is 0 Å². The van der Waals surface area contributed by atoms with Crippen molar-refractivity contribution in [1.82, 2.24) is 14.9 Å². The Morgan fingerprint density at radius 3 is 2.45 bits per heavy atom. The Balaban J connectivity index is 1.64.